The summed E-state index contributed by atoms with van der Waals surface area (Å²) in [5, 5.41) is 3.50. The van der Waals surface area contributed by atoms with Crippen LogP contribution in [0, 0.1) is 19.3 Å². The highest BCUT2D eigenvalue weighted by molar-refractivity contribution is 5.33. The maximum Gasteiger partial charge on any atom is 0.0384 e. The molecule has 1 heteroatoms. The van der Waals surface area contributed by atoms with Gasteiger partial charge in [0.25, 0.3) is 0 Å². The lowest BCUT2D eigenvalue weighted by atomic mass is 9.73. The molecule has 14 heavy (non-hydrogen) atoms. The Hall–Kier alpha value is -0.820. The number of hydrogen-bond acceptors (Lipinski definition) is 1. The molecule has 1 aliphatic heterocycles. The topological polar surface area (TPSA) is 12.0 Å². The van der Waals surface area contributed by atoms with Crippen LogP contribution in [0.25, 0.3) is 0 Å². The third-order valence-corrected chi connectivity index (χ3v) is 3.41. The lowest BCUT2D eigenvalue weighted by molar-refractivity contribution is 0.128. The third-order valence-electron chi connectivity index (χ3n) is 3.41. The first kappa shape index (κ1) is 9.72. The summed E-state index contributed by atoms with van der Waals surface area (Å²) in [6.07, 6.45) is 0. The molecule has 0 aromatic heterocycles. The highest BCUT2D eigenvalue weighted by Gasteiger charge is 2.38. The van der Waals surface area contributed by atoms with Gasteiger partial charge in [0.15, 0.2) is 0 Å². The van der Waals surface area contributed by atoms with Crippen LogP contribution in [0.4, 0.5) is 0 Å². The smallest absolute Gasteiger partial charge is 0.0384 e. The van der Waals surface area contributed by atoms with E-state index in [0.29, 0.717) is 11.5 Å². The van der Waals surface area contributed by atoms with Gasteiger partial charge in [-0.3, -0.25) is 0 Å². The van der Waals surface area contributed by atoms with Crippen LogP contribution in [0.2, 0.25) is 0 Å². The molecule has 1 nitrogen and oxygen atoms in total. The molecule has 1 aromatic carbocycles. The van der Waals surface area contributed by atoms with Crippen molar-refractivity contribution in [3.8, 4) is 0 Å². The van der Waals surface area contributed by atoms with E-state index in [0.717, 1.165) is 6.54 Å². The molecule has 0 aliphatic carbocycles. The van der Waals surface area contributed by atoms with Gasteiger partial charge in [0, 0.05) is 12.6 Å². The van der Waals surface area contributed by atoms with Crippen molar-refractivity contribution < 1.29 is 0 Å². The Morgan fingerprint density at radius 2 is 1.93 bits per heavy atom. The van der Waals surface area contributed by atoms with Gasteiger partial charge >= 0.3 is 0 Å². The summed E-state index contributed by atoms with van der Waals surface area (Å²) in [5.41, 5.74) is 4.63. The number of benzene rings is 1. The van der Waals surface area contributed by atoms with Gasteiger partial charge in [-0.1, -0.05) is 32.0 Å². The van der Waals surface area contributed by atoms with E-state index in [9.17, 15) is 0 Å². The van der Waals surface area contributed by atoms with Gasteiger partial charge in [-0.2, -0.15) is 0 Å². The van der Waals surface area contributed by atoms with Crippen molar-refractivity contribution >= 4 is 0 Å². The van der Waals surface area contributed by atoms with Crippen LogP contribution in [-0.2, 0) is 0 Å². The zero-order valence-corrected chi connectivity index (χ0v) is 9.52. The molecule has 1 N–H and O–H groups in total. The van der Waals surface area contributed by atoms with Crippen LogP contribution in [-0.4, -0.2) is 6.54 Å². The lowest BCUT2D eigenvalue weighted by Gasteiger charge is -2.46. The van der Waals surface area contributed by atoms with Crippen molar-refractivity contribution in [2.75, 3.05) is 6.54 Å². The summed E-state index contributed by atoms with van der Waals surface area (Å²) >= 11 is 0. The van der Waals surface area contributed by atoms with Gasteiger partial charge in [-0.25, -0.2) is 0 Å². The fraction of sp³-hybridized carbons (Fsp3) is 0.538. The summed E-state index contributed by atoms with van der Waals surface area (Å²) in [5.74, 6) is 0. The average Bonchev–Trinajstić information content (AvgIpc) is 2.10. The lowest BCUT2D eigenvalue weighted by Crippen LogP contribution is -2.52. The van der Waals surface area contributed by atoms with Gasteiger partial charge < -0.3 is 5.32 Å². The van der Waals surface area contributed by atoms with E-state index in [1.165, 1.54) is 16.7 Å². The van der Waals surface area contributed by atoms with Gasteiger partial charge in [0.1, 0.15) is 0 Å². The molecule has 0 saturated carbocycles. The normalized spacial score (nSPS) is 24.4. The van der Waals surface area contributed by atoms with Crippen LogP contribution in [0.15, 0.2) is 18.2 Å². The van der Waals surface area contributed by atoms with Gasteiger partial charge in [0.05, 0.1) is 0 Å². The zero-order valence-electron chi connectivity index (χ0n) is 9.52. The predicted octanol–water partition coefficient (Wildman–Crippen LogP) is 2.97. The molecule has 0 radical (unpaired) electrons. The molecule has 0 amide bonds. The molecule has 1 heterocycles. The van der Waals surface area contributed by atoms with Gasteiger partial charge in [-0.15, -0.1) is 0 Å². The van der Waals surface area contributed by atoms with E-state index >= 15 is 0 Å². The van der Waals surface area contributed by atoms with Crippen molar-refractivity contribution in [2.45, 2.75) is 33.7 Å². The number of rotatable bonds is 1. The largest absolute Gasteiger partial charge is 0.309 e. The number of hydrogen-bond donors (Lipinski definition) is 1. The van der Waals surface area contributed by atoms with Crippen LogP contribution in [0.3, 0.4) is 0 Å². The molecule has 1 saturated heterocycles. The van der Waals surface area contributed by atoms with Crippen molar-refractivity contribution in [1.82, 2.24) is 5.32 Å². The first-order valence-electron chi connectivity index (χ1n) is 5.31. The first-order valence-corrected chi connectivity index (χ1v) is 5.31. The quantitative estimate of drug-likeness (QED) is 0.716. The van der Waals surface area contributed by atoms with E-state index in [4.69, 9.17) is 0 Å². The summed E-state index contributed by atoms with van der Waals surface area (Å²) in [4.78, 5) is 0. The summed E-state index contributed by atoms with van der Waals surface area (Å²) in [7, 11) is 0. The summed E-state index contributed by atoms with van der Waals surface area (Å²) < 4.78 is 0. The number of nitrogens with one attached hydrogen (secondary N) is 1. The first-order chi connectivity index (χ1) is 6.50. The molecule has 1 fully saturated rings. The van der Waals surface area contributed by atoms with Crippen LogP contribution >= 0.6 is 0 Å². The van der Waals surface area contributed by atoms with E-state index < -0.39 is 0 Å². The van der Waals surface area contributed by atoms with E-state index in [1.807, 2.05) is 0 Å². The Bertz CT molecular complexity index is 352. The average molecular weight is 189 g/mol. The van der Waals surface area contributed by atoms with Crippen molar-refractivity contribution in [3.63, 3.8) is 0 Å². The SMILES string of the molecule is Cc1ccc(C2NCC2(C)C)cc1C. The molecular weight excluding hydrogens is 170 g/mol. The molecule has 0 spiro atoms. The molecular formula is C13H19N. The Labute approximate surface area is 86.5 Å². The van der Waals surface area contributed by atoms with E-state index in [1.54, 1.807) is 0 Å². The van der Waals surface area contributed by atoms with Crippen molar-refractivity contribution in [2.24, 2.45) is 5.41 Å². The Morgan fingerprint density at radius 3 is 2.36 bits per heavy atom. The van der Waals surface area contributed by atoms with Crippen LogP contribution < -0.4 is 5.32 Å². The molecule has 76 valence electrons. The molecule has 0 bridgehead atoms. The monoisotopic (exact) mass is 189 g/mol. The number of aryl methyl sites for hydroxylation is 2. The third kappa shape index (κ3) is 1.46. The molecule has 1 atom stereocenters. The van der Waals surface area contributed by atoms with E-state index in [2.05, 4.69) is 51.2 Å². The second-order valence-electron chi connectivity index (χ2n) is 5.15. The molecule has 1 aromatic rings. The Morgan fingerprint density at radius 1 is 1.21 bits per heavy atom. The highest BCUT2D eigenvalue weighted by Crippen LogP contribution is 2.40. The minimum absolute atomic E-state index is 0.418. The summed E-state index contributed by atoms with van der Waals surface area (Å²) in [6, 6.07) is 7.33. The maximum atomic E-state index is 3.50. The van der Waals surface area contributed by atoms with Crippen molar-refractivity contribution in [3.05, 3.63) is 34.9 Å². The van der Waals surface area contributed by atoms with Crippen LogP contribution in [0.5, 0.6) is 0 Å². The maximum absolute atomic E-state index is 3.50. The predicted molar refractivity (Wildman–Crippen MR) is 60.4 cm³/mol. The second kappa shape index (κ2) is 3.09. The standard InChI is InChI=1S/C13H19N/c1-9-5-6-11(7-10(9)2)12-13(3,4)8-14-12/h5-7,12,14H,8H2,1-4H3. The second-order valence-corrected chi connectivity index (χ2v) is 5.15. The van der Waals surface area contributed by atoms with Gasteiger partial charge in [-0.05, 0) is 36.0 Å². The minimum atomic E-state index is 0.418. The van der Waals surface area contributed by atoms with E-state index in [-0.39, 0.29) is 0 Å². The summed E-state index contributed by atoms with van der Waals surface area (Å²) in [6.45, 7) is 10.1. The molecule has 2 rings (SSSR count). The highest BCUT2D eigenvalue weighted by atomic mass is 15.0. The zero-order chi connectivity index (χ0) is 10.3. The van der Waals surface area contributed by atoms with Gasteiger partial charge in [0.2, 0.25) is 0 Å². The van der Waals surface area contributed by atoms with Crippen LogP contribution in [0.1, 0.15) is 36.6 Å². The minimum Gasteiger partial charge on any atom is -0.309 e. The Kier molecular flexibility index (Phi) is 2.15. The molecule has 1 unspecified atom stereocenters. The molecule has 1 aliphatic rings. The fourth-order valence-electron chi connectivity index (χ4n) is 2.13. The Balaban J connectivity index is 2.30. The fourth-order valence-corrected chi connectivity index (χ4v) is 2.13. The van der Waals surface area contributed by atoms with Crippen molar-refractivity contribution in [1.29, 1.82) is 0 Å².